The molecule has 1 aromatic heterocycles. The monoisotopic (exact) mass is 257 g/mol. The van der Waals surface area contributed by atoms with Crippen LogP contribution in [0.4, 0.5) is 18.9 Å². The second kappa shape index (κ2) is 4.28. The van der Waals surface area contributed by atoms with Gasteiger partial charge in [-0.25, -0.2) is 0 Å². The quantitative estimate of drug-likeness (QED) is 0.618. The van der Waals surface area contributed by atoms with Crippen LogP contribution in [0.25, 0.3) is 0 Å². The van der Waals surface area contributed by atoms with Crippen LogP contribution in [0.5, 0.6) is 0 Å². The molecule has 0 aliphatic rings. The lowest BCUT2D eigenvalue weighted by Gasteiger charge is -2.07. The Labute approximate surface area is 93.0 Å². The number of rotatable bonds is 3. The molecule has 0 amide bonds. The normalized spacial score (nSPS) is 11.8. The standard InChI is InChI=1S/C7H7ClF3N3O2/c1-2-3-13-5(7(9,10)11)4(14(15)16)6(8)12-13/h2-3H2,1H3. The Bertz CT molecular complexity index is 416. The van der Waals surface area contributed by atoms with Crippen molar-refractivity contribution in [3.63, 3.8) is 0 Å². The molecule has 0 saturated heterocycles. The average molecular weight is 258 g/mol. The fraction of sp³-hybridized carbons (Fsp3) is 0.571. The Morgan fingerprint density at radius 2 is 2.12 bits per heavy atom. The first-order valence-corrected chi connectivity index (χ1v) is 4.64. The predicted molar refractivity (Wildman–Crippen MR) is 49.2 cm³/mol. The van der Waals surface area contributed by atoms with E-state index in [1.165, 1.54) is 0 Å². The molecule has 0 saturated carbocycles. The maximum atomic E-state index is 12.6. The van der Waals surface area contributed by atoms with Crippen molar-refractivity contribution in [2.24, 2.45) is 0 Å². The van der Waals surface area contributed by atoms with E-state index in [0.29, 0.717) is 11.1 Å². The summed E-state index contributed by atoms with van der Waals surface area (Å²) in [7, 11) is 0. The zero-order valence-electron chi connectivity index (χ0n) is 8.08. The third-order valence-corrected chi connectivity index (χ3v) is 2.03. The van der Waals surface area contributed by atoms with E-state index in [4.69, 9.17) is 11.6 Å². The van der Waals surface area contributed by atoms with E-state index < -0.39 is 27.6 Å². The largest absolute Gasteiger partial charge is 0.440 e. The molecule has 0 aliphatic carbocycles. The first-order valence-electron chi connectivity index (χ1n) is 4.27. The minimum Gasteiger partial charge on any atom is -0.258 e. The third-order valence-electron chi connectivity index (χ3n) is 1.77. The third kappa shape index (κ3) is 2.26. The highest BCUT2D eigenvalue weighted by atomic mass is 35.5. The lowest BCUT2D eigenvalue weighted by atomic mass is 10.3. The SMILES string of the molecule is CCCn1nc(Cl)c([N+](=O)[O-])c1C(F)(F)F. The van der Waals surface area contributed by atoms with Crippen LogP contribution in [0.2, 0.25) is 5.15 Å². The number of aromatic nitrogens is 2. The maximum absolute atomic E-state index is 12.6. The van der Waals surface area contributed by atoms with Gasteiger partial charge >= 0.3 is 11.9 Å². The summed E-state index contributed by atoms with van der Waals surface area (Å²) in [4.78, 5) is 9.30. The molecule has 90 valence electrons. The van der Waals surface area contributed by atoms with Crippen molar-refractivity contribution in [2.45, 2.75) is 26.1 Å². The number of nitro groups is 1. The van der Waals surface area contributed by atoms with Gasteiger partial charge in [-0.1, -0.05) is 18.5 Å². The van der Waals surface area contributed by atoms with E-state index in [1.807, 2.05) is 0 Å². The van der Waals surface area contributed by atoms with Gasteiger partial charge in [0.15, 0.2) is 0 Å². The van der Waals surface area contributed by atoms with Crippen molar-refractivity contribution in [3.8, 4) is 0 Å². The summed E-state index contributed by atoms with van der Waals surface area (Å²) >= 11 is 5.31. The van der Waals surface area contributed by atoms with Gasteiger partial charge in [0.2, 0.25) is 10.8 Å². The number of nitrogens with zero attached hydrogens (tertiary/aromatic N) is 3. The second-order valence-electron chi connectivity index (χ2n) is 2.97. The number of halogens is 4. The summed E-state index contributed by atoms with van der Waals surface area (Å²) in [6.07, 6.45) is -4.49. The molecular weight excluding hydrogens is 251 g/mol. The first-order chi connectivity index (χ1) is 7.29. The molecule has 0 radical (unpaired) electrons. The van der Waals surface area contributed by atoms with Crippen molar-refractivity contribution in [1.82, 2.24) is 9.78 Å². The molecule has 1 rings (SSSR count). The van der Waals surface area contributed by atoms with Crippen molar-refractivity contribution < 1.29 is 18.1 Å². The molecule has 0 N–H and O–H groups in total. The minimum absolute atomic E-state index is 0.0809. The predicted octanol–water partition coefficient (Wildman–Crippen LogP) is 2.87. The molecule has 0 unspecified atom stereocenters. The van der Waals surface area contributed by atoms with E-state index in [1.54, 1.807) is 6.92 Å². The molecule has 0 spiro atoms. The van der Waals surface area contributed by atoms with Gasteiger partial charge in [0, 0.05) is 6.54 Å². The molecule has 5 nitrogen and oxygen atoms in total. The van der Waals surface area contributed by atoms with Crippen molar-refractivity contribution in [2.75, 3.05) is 0 Å². The zero-order chi connectivity index (χ0) is 12.5. The first kappa shape index (κ1) is 12.8. The van der Waals surface area contributed by atoms with Gasteiger partial charge in [-0.3, -0.25) is 14.8 Å². The van der Waals surface area contributed by atoms with Crippen LogP contribution < -0.4 is 0 Å². The summed E-state index contributed by atoms with van der Waals surface area (Å²) < 4.78 is 38.3. The van der Waals surface area contributed by atoms with Crippen molar-refractivity contribution in [3.05, 3.63) is 21.0 Å². The fourth-order valence-corrected chi connectivity index (χ4v) is 1.49. The number of hydrogen-bond donors (Lipinski definition) is 0. The van der Waals surface area contributed by atoms with Gasteiger partial charge in [0.05, 0.1) is 4.92 Å². The molecule has 1 heterocycles. The van der Waals surface area contributed by atoms with Gasteiger partial charge in [-0.2, -0.15) is 18.3 Å². The van der Waals surface area contributed by atoms with Gasteiger partial charge in [-0.15, -0.1) is 0 Å². The number of aryl methyl sites for hydroxylation is 1. The highest BCUT2D eigenvalue weighted by Gasteiger charge is 2.45. The van der Waals surface area contributed by atoms with E-state index in [-0.39, 0.29) is 6.54 Å². The fourth-order valence-electron chi connectivity index (χ4n) is 1.24. The van der Waals surface area contributed by atoms with Crippen molar-refractivity contribution >= 4 is 17.3 Å². The summed E-state index contributed by atoms with van der Waals surface area (Å²) in [5.74, 6) is 0. The maximum Gasteiger partial charge on any atom is 0.440 e. The molecule has 0 fully saturated rings. The van der Waals surface area contributed by atoms with Gasteiger partial charge in [0.1, 0.15) is 0 Å². The van der Waals surface area contributed by atoms with Crippen LogP contribution in [0.3, 0.4) is 0 Å². The minimum atomic E-state index is -4.85. The van der Waals surface area contributed by atoms with Crippen LogP contribution in [0, 0.1) is 10.1 Å². The van der Waals surface area contributed by atoms with Crippen LogP contribution >= 0.6 is 11.6 Å². The lowest BCUT2D eigenvalue weighted by molar-refractivity contribution is -0.388. The van der Waals surface area contributed by atoms with Gasteiger partial charge in [-0.05, 0) is 6.42 Å². The smallest absolute Gasteiger partial charge is 0.258 e. The van der Waals surface area contributed by atoms with Gasteiger partial charge in [0.25, 0.3) is 0 Å². The highest BCUT2D eigenvalue weighted by Crippen LogP contribution is 2.39. The van der Waals surface area contributed by atoms with E-state index in [0.717, 1.165) is 0 Å². The molecule has 0 aromatic carbocycles. The van der Waals surface area contributed by atoms with E-state index >= 15 is 0 Å². The Kier molecular flexibility index (Phi) is 3.41. The second-order valence-corrected chi connectivity index (χ2v) is 3.32. The molecule has 9 heteroatoms. The van der Waals surface area contributed by atoms with E-state index in [2.05, 4.69) is 5.10 Å². The summed E-state index contributed by atoms with van der Waals surface area (Å²) in [6.45, 7) is 1.55. The average Bonchev–Trinajstić information content (AvgIpc) is 2.42. The topological polar surface area (TPSA) is 61.0 Å². The summed E-state index contributed by atoms with van der Waals surface area (Å²) in [6, 6.07) is 0. The van der Waals surface area contributed by atoms with E-state index in [9.17, 15) is 23.3 Å². The van der Waals surface area contributed by atoms with Gasteiger partial charge < -0.3 is 0 Å². The molecule has 1 aromatic rings. The van der Waals surface area contributed by atoms with Crippen LogP contribution in [-0.2, 0) is 12.7 Å². The Balaban J connectivity index is 3.43. The summed E-state index contributed by atoms with van der Waals surface area (Å²) in [5.41, 5.74) is -2.60. The number of alkyl halides is 3. The lowest BCUT2D eigenvalue weighted by Crippen LogP contribution is -2.16. The molecular formula is C7H7ClF3N3O2. The van der Waals surface area contributed by atoms with Crippen LogP contribution in [0.15, 0.2) is 0 Å². The molecule has 0 bridgehead atoms. The zero-order valence-corrected chi connectivity index (χ0v) is 8.84. The highest BCUT2D eigenvalue weighted by molar-refractivity contribution is 6.31. The Morgan fingerprint density at radius 3 is 2.50 bits per heavy atom. The van der Waals surface area contributed by atoms with Crippen molar-refractivity contribution in [1.29, 1.82) is 0 Å². The Morgan fingerprint density at radius 1 is 1.56 bits per heavy atom. The molecule has 0 atom stereocenters. The molecule has 0 aliphatic heterocycles. The Hall–Kier alpha value is -1.31. The number of hydrogen-bond acceptors (Lipinski definition) is 3. The van der Waals surface area contributed by atoms with Crippen LogP contribution in [0.1, 0.15) is 19.0 Å². The molecule has 16 heavy (non-hydrogen) atoms. The van der Waals surface area contributed by atoms with Crippen LogP contribution in [-0.4, -0.2) is 14.7 Å². The summed E-state index contributed by atoms with van der Waals surface area (Å²) in [5, 5.41) is 13.0.